The van der Waals surface area contributed by atoms with E-state index in [1.54, 1.807) is 0 Å². The molecule has 0 aromatic heterocycles. The molecule has 0 bridgehead atoms. The molecule has 0 amide bonds. The van der Waals surface area contributed by atoms with Gasteiger partial charge in [-0.25, -0.2) is 4.57 Å². The smallest absolute Gasteiger partial charge is 0.394 e. The molecular weight excluding hydrogens is 219 g/mol. The zero-order valence-electron chi connectivity index (χ0n) is 7.09. The van der Waals surface area contributed by atoms with Crippen LogP contribution < -0.4 is 0 Å². The van der Waals surface area contributed by atoms with Gasteiger partial charge in [0.15, 0.2) is 0 Å². The number of phosphoric acid groups is 1. The second kappa shape index (κ2) is 5.74. The Hall–Kier alpha value is -0.0500. The van der Waals surface area contributed by atoms with Gasteiger partial charge in [-0.2, -0.15) is 0 Å². The Morgan fingerprint density at radius 1 is 1.07 bits per heavy atom. The molecule has 1 unspecified atom stereocenters. The fourth-order valence-electron chi connectivity index (χ4n) is 0.763. The van der Waals surface area contributed by atoms with E-state index in [1.165, 1.54) is 0 Å². The zero-order chi connectivity index (χ0) is 11.4. The minimum atomic E-state index is -4.90. The lowest BCUT2D eigenvalue weighted by Crippen LogP contribution is -2.42. The number of hydrogen-bond donors (Lipinski definition) is 6. The van der Waals surface area contributed by atoms with Crippen LogP contribution in [0.25, 0.3) is 0 Å². The van der Waals surface area contributed by atoms with Crippen LogP contribution in [0.15, 0.2) is 0 Å². The third kappa shape index (κ3) is 4.99. The SMILES string of the molecule is O=P(O)(O)OC([C@H](O)CO)[C@@H](O)CO. The van der Waals surface area contributed by atoms with Gasteiger partial charge in [-0.3, -0.25) is 4.52 Å². The first kappa shape index (κ1) is 13.9. The van der Waals surface area contributed by atoms with Crippen molar-refractivity contribution >= 4 is 7.82 Å². The largest absolute Gasteiger partial charge is 0.470 e. The number of hydrogen-bond acceptors (Lipinski definition) is 6. The van der Waals surface area contributed by atoms with Crippen molar-refractivity contribution in [3.05, 3.63) is 0 Å². The second-order valence-corrected chi connectivity index (χ2v) is 3.75. The van der Waals surface area contributed by atoms with Crippen LogP contribution in [0.5, 0.6) is 0 Å². The van der Waals surface area contributed by atoms with Crippen LogP contribution in [0.3, 0.4) is 0 Å². The maximum Gasteiger partial charge on any atom is 0.470 e. The molecule has 6 N–H and O–H groups in total. The minimum absolute atomic E-state index is 0.859. The maximum absolute atomic E-state index is 10.4. The van der Waals surface area contributed by atoms with Crippen molar-refractivity contribution < 1.29 is 39.3 Å². The molecule has 0 rings (SSSR count). The second-order valence-electron chi connectivity index (χ2n) is 2.56. The minimum Gasteiger partial charge on any atom is -0.394 e. The van der Waals surface area contributed by atoms with Gasteiger partial charge in [0.25, 0.3) is 0 Å². The Balaban J connectivity index is 4.48. The van der Waals surface area contributed by atoms with E-state index in [2.05, 4.69) is 4.52 Å². The summed E-state index contributed by atoms with van der Waals surface area (Å²) in [5.41, 5.74) is 0. The third-order valence-electron chi connectivity index (χ3n) is 1.39. The summed E-state index contributed by atoms with van der Waals surface area (Å²) in [4.78, 5) is 16.8. The van der Waals surface area contributed by atoms with E-state index in [1.807, 2.05) is 0 Å². The molecule has 0 fully saturated rings. The summed E-state index contributed by atoms with van der Waals surface area (Å²) < 4.78 is 14.4. The Labute approximate surface area is 79.6 Å². The Bertz CT molecular complexity index is 192. The standard InChI is InChI=1S/C5H13O8P/c6-1-3(8)5(4(9)2-7)13-14(10,11)12/h3-9H,1-2H2,(H2,10,11,12)/t3-,4+,5?. The molecule has 0 aliphatic heterocycles. The van der Waals surface area contributed by atoms with E-state index in [0.717, 1.165) is 0 Å². The Morgan fingerprint density at radius 3 is 1.64 bits per heavy atom. The lowest BCUT2D eigenvalue weighted by atomic mass is 10.1. The summed E-state index contributed by atoms with van der Waals surface area (Å²) in [5, 5.41) is 34.9. The van der Waals surface area contributed by atoms with Crippen LogP contribution in [-0.4, -0.2) is 61.7 Å². The fourth-order valence-corrected chi connectivity index (χ4v) is 1.36. The van der Waals surface area contributed by atoms with Crippen LogP contribution in [-0.2, 0) is 9.09 Å². The highest BCUT2D eigenvalue weighted by atomic mass is 31.2. The zero-order valence-corrected chi connectivity index (χ0v) is 7.99. The molecule has 0 aromatic carbocycles. The molecule has 8 nitrogen and oxygen atoms in total. The van der Waals surface area contributed by atoms with Crippen molar-refractivity contribution in [1.82, 2.24) is 0 Å². The predicted molar refractivity (Wildman–Crippen MR) is 43.1 cm³/mol. The van der Waals surface area contributed by atoms with Crippen LogP contribution >= 0.6 is 7.82 Å². The van der Waals surface area contributed by atoms with E-state index < -0.39 is 39.3 Å². The Kier molecular flexibility index (Phi) is 5.72. The molecule has 0 heterocycles. The molecule has 0 aromatic rings. The first-order chi connectivity index (χ1) is 6.31. The highest BCUT2D eigenvalue weighted by Gasteiger charge is 2.33. The average Bonchev–Trinajstić information content (AvgIpc) is 2.10. The topological polar surface area (TPSA) is 148 Å². The molecule has 0 aliphatic rings. The van der Waals surface area contributed by atoms with E-state index in [0.29, 0.717) is 0 Å². The number of rotatable bonds is 6. The summed E-state index contributed by atoms with van der Waals surface area (Å²) in [7, 11) is -4.90. The summed E-state index contributed by atoms with van der Waals surface area (Å²) in [6.07, 6.45) is -5.12. The average molecular weight is 232 g/mol. The molecule has 0 radical (unpaired) electrons. The van der Waals surface area contributed by atoms with Crippen molar-refractivity contribution in [3.63, 3.8) is 0 Å². The lowest BCUT2D eigenvalue weighted by Gasteiger charge is -2.25. The molecular formula is C5H13O8P. The maximum atomic E-state index is 10.4. The van der Waals surface area contributed by atoms with Gasteiger partial charge in [0.1, 0.15) is 18.3 Å². The summed E-state index contributed by atoms with van der Waals surface area (Å²) in [6, 6.07) is 0. The molecule has 14 heavy (non-hydrogen) atoms. The van der Waals surface area contributed by atoms with Gasteiger partial charge >= 0.3 is 7.82 Å². The number of aliphatic hydroxyl groups is 4. The molecule has 86 valence electrons. The monoisotopic (exact) mass is 232 g/mol. The van der Waals surface area contributed by atoms with Gasteiger partial charge in [0.05, 0.1) is 13.2 Å². The van der Waals surface area contributed by atoms with Crippen molar-refractivity contribution in [2.75, 3.05) is 13.2 Å². The van der Waals surface area contributed by atoms with E-state index in [4.69, 9.17) is 30.2 Å². The van der Waals surface area contributed by atoms with Crippen LogP contribution in [0.1, 0.15) is 0 Å². The van der Waals surface area contributed by atoms with Gasteiger partial charge in [0.2, 0.25) is 0 Å². The van der Waals surface area contributed by atoms with Crippen molar-refractivity contribution in [3.8, 4) is 0 Å². The quantitative estimate of drug-likeness (QED) is 0.268. The molecule has 0 saturated heterocycles. The van der Waals surface area contributed by atoms with Crippen LogP contribution in [0.2, 0.25) is 0 Å². The van der Waals surface area contributed by atoms with E-state index in [9.17, 15) is 4.57 Å². The highest BCUT2D eigenvalue weighted by molar-refractivity contribution is 7.46. The Morgan fingerprint density at radius 2 is 1.43 bits per heavy atom. The van der Waals surface area contributed by atoms with E-state index >= 15 is 0 Å². The predicted octanol–water partition coefficient (Wildman–Crippen LogP) is -2.83. The van der Waals surface area contributed by atoms with Crippen LogP contribution in [0.4, 0.5) is 0 Å². The fraction of sp³-hybridized carbons (Fsp3) is 1.00. The molecule has 0 aliphatic carbocycles. The summed E-state index contributed by atoms with van der Waals surface area (Å²) >= 11 is 0. The van der Waals surface area contributed by atoms with Crippen molar-refractivity contribution in [2.45, 2.75) is 18.3 Å². The van der Waals surface area contributed by atoms with Crippen molar-refractivity contribution in [1.29, 1.82) is 0 Å². The number of aliphatic hydroxyl groups excluding tert-OH is 4. The number of phosphoric ester groups is 1. The highest BCUT2D eigenvalue weighted by Crippen LogP contribution is 2.38. The van der Waals surface area contributed by atoms with Gasteiger partial charge in [-0.05, 0) is 0 Å². The normalized spacial score (nSPS) is 19.0. The van der Waals surface area contributed by atoms with Crippen LogP contribution in [0, 0.1) is 0 Å². The molecule has 0 spiro atoms. The molecule has 0 saturated carbocycles. The third-order valence-corrected chi connectivity index (χ3v) is 1.91. The van der Waals surface area contributed by atoms with Gasteiger partial charge in [-0.1, -0.05) is 0 Å². The summed E-state index contributed by atoms with van der Waals surface area (Å²) in [5.74, 6) is 0. The first-order valence-corrected chi connectivity index (χ1v) is 5.16. The van der Waals surface area contributed by atoms with Crippen molar-refractivity contribution in [2.24, 2.45) is 0 Å². The molecule has 9 heteroatoms. The lowest BCUT2D eigenvalue weighted by molar-refractivity contribution is -0.0861. The van der Waals surface area contributed by atoms with Gasteiger partial charge < -0.3 is 30.2 Å². The first-order valence-electron chi connectivity index (χ1n) is 3.63. The summed E-state index contributed by atoms with van der Waals surface area (Å²) in [6.45, 7) is -1.72. The molecule has 3 atom stereocenters. The van der Waals surface area contributed by atoms with Gasteiger partial charge in [0, 0.05) is 0 Å². The van der Waals surface area contributed by atoms with Gasteiger partial charge in [-0.15, -0.1) is 0 Å². The van der Waals surface area contributed by atoms with E-state index in [-0.39, 0.29) is 0 Å².